The second kappa shape index (κ2) is 12.5. The monoisotopic (exact) mass is 478 g/mol. The van der Waals surface area contributed by atoms with Gasteiger partial charge in [-0.3, -0.25) is 0 Å². The van der Waals surface area contributed by atoms with E-state index in [1.54, 1.807) is 0 Å². The molecule has 1 saturated heterocycles. The molecule has 1 aliphatic heterocycles. The van der Waals surface area contributed by atoms with E-state index in [2.05, 4.69) is 65.1 Å². The maximum Gasteiger partial charge on any atom is 0.120 e. The molecule has 1 aromatic carbocycles. The van der Waals surface area contributed by atoms with Crippen LogP contribution in [0.4, 0.5) is 0 Å². The fourth-order valence-corrected chi connectivity index (χ4v) is 5.73. The van der Waals surface area contributed by atoms with Crippen LogP contribution in [-0.2, 0) is 6.42 Å². The Balaban J connectivity index is 1.33. The number of ether oxygens (including phenoxy) is 1. The maximum atomic E-state index is 5.90. The molecule has 1 N–H and O–H groups in total. The molecule has 0 radical (unpaired) electrons. The molecule has 1 heterocycles. The largest absolute Gasteiger partial charge is 0.491 e. The van der Waals surface area contributed by atoms with Gasteiger partial charge in [0.05, 0.1) is 6.10 Å². The Hall–Kier alpha value is -0.580. The second-order valence-electron chi connectivity index (χ2n) is 9.83. The minimum atomic E-state index is 0.227. The maximum absolute atomic E-state index is 5.90. The molecule has 170 valence electrons. The number of rotatable bonds is 10. The topological polar surface area (TPSA) is 24.5 Å². The van der Waals surface area contributed by atoms with Crippen LogP contribution in [0.5, 0.6) is 5.75 Å². The first kappa shape index (κ1) is 24.1. The SMILES string of the molecule is CCN[C@H]1CC[C@@H](CCCN2CCC(Cc3cc(OC(C)C)ccc3Br)CC2)CC1. The summed E-state index contributed by atoms with van der Waals surface area (Å²) in [6.45, 7) is 11.4. The lowest BCUT2D eigenvalue weighted by molar-refractivity contribution is 0.174. The van der Waals surface area contributed by atoms with Crippen LogP contribution in [0, 0.1) is 11.8 Å². The van der Waals surface area contributed by atoms with Crippen molar-refractivity contribution in [2.75, 3.05) is 26.2 Å². The van der Waals surface area contributed by atoms with Gasteiger partial charge in [-0.25, -0.2) is 0 Å². The summed E-state index contributed by atoms with van der Waals surface area (Å²) in [5, 5.41) is 3.63. The zero-order chi connectivity index (χ0) is 21.3. The zero-order valence-corrected chi connectivity index (χ0v) is 21.1. The van der Waals surface area contributed by atoms with Crippen molar-refractivity contribution in [3.05, 3.63) is 28.2 Å². The lowest BCUT2D eigenvalue weighted by Crippen LogP contribution is -2.35. The Morgan fingerprint density at radius 1 is 1.07 bits per heavy atom. The van der Waals surface area contributed by atoms with Crippen LogP contribution in [-0.4, -0.2) is 43.2 Å². The molecule has 2 aliphatic rings. The number of nitrogens with zero attached hydrogens (tertiary/aromatic N) is 1. The summed E-state index contributed by atoms with van der Waals surface area (Å²) in [7, 11) is 0. The van der Waals surface area contributed by atoms with Crippen molar-refractivity contribution in [1.82, 2.24) is 10.2 Å². The summed E-state index contributed by atoms with van der Waals surface area (Å²) in [5.41, 5.74) is 1.40. The Labute approximate surface area is 193 Å². The van der Waals surface area contributed by atoms with Gasteiger partial charge in [0.2, 0.25) is 0 Å². The third-order valence-corrected chi connectivity index (χ3v) is 7.80. The first-order chi connectivity index (χ1) is 14.5. The first-order valence-corrected chi connectivity index (χ1v) is 13.2. The van der Waals surface area contributed by atoms with Gasteiger partial charge in [0, 0.05) is 10.5 Å². The van der Waals surface area contributed by atoms with E-state index >= 15 is 0 Å². The fraction of sp³-hybridized carbons (Fsp3) is 0.769. The van der Waals surface area contributed by atoms with Gasteiger partial charge >= 0.3 is 0 Å². The number of benzene rings is 1. The zero-order valence-electron chi connectivity index (χ0n) is 19.5. The van der Waals surface area contributed by atoms with Gasteiger partial charge in [-0.05, 0) is 133 Å². The van der Waals surface area contributed by atoms with Crippen LogP contribution >= 0.6 is 15.9 Å². The van der Waals surface area contributed by atoms with Crippen LogP contribution in [0.25, 0.3) is 0 Å². The van der Waals surface area contributed by atoms with Crippen molar-refractivity contribution in [1.29, 1.82) is 0 Å². The minimum Gasteiger partial charge on any atom is -0.491 e. The quantitative estimate of drug-likeness (QED) is 0.418. The molecule has 30 heavy (non-hydrogen) atoms. The molecular weight excluding hydrogens is 436 g/mol. The predicted molar refractivity (Wildman–Crippen MR) is 131 cm³/mol. The summed E-state index contributed by atoms with van der Waals surface area (Å²) in [5.74, 6) is 2.78. The highest BCUT2D eigenvalue weighted by Gasteiger charge is 2.22. The van der Waals surface area contributed by atoms with E-state index in [0.29, 0.717) is 0 Å². The van der Waals surface area contributed by atoms with E-state index in [4.69, 9.17) is 4.74 Å². The molecule has 1 aromatic rings. The highest BCUT2D eigenvalue weighted by Crippen LogP contribution is 2.30. The summed E-state index contributed by atoms with van der Waals surface area (Å²) in [4.78, 5) is 2.72. The molecule has 2 fully saturated rings. The number of hydrogen-bond donors (Lipinski definition) is 1. The van der Waals surface area contributed by atoms with Crippen molar-refractivity contribution >= 4 is 15.9 Å². The highest BCUT2D eigenvalue weighted by atomic mass is 79.9. The van der Waals surface area contributed by atoms with E-state index in [0.717, 1.165) is 30.2 Å². The second-order valence-corrected chi connectivity index (χ2v) is 10.7. The number of hydrogen-bond acceptors (Lipinski definition) is 3. The van der Waals surface area contributed by atoms with Crippen molar-refractivity contribution in [3.63, 3.8) is 0 Å². The first-order valence-electron chi connectivity index (χ1n) is 12.4. The molecule has 1 aliphatic carbocycles. The van der Waals surface area contributed by atoms with Gasteiger partial charge in [0.1, 0.15) is 5.75 Å². The third kappa shape index (κ3) is 7.84. The Kier molecular flexibility index (Phi) is 9.99. The molecular formula is C26H43BrN2O. The van der Waals surface area contributed by atoms with Crippen LogP contribution in [0.15, 0.2) is 22.7 Å². The van der Waals surface area contributed by atoms with E-state index in [1.807, 2.05) is 0 Å². The molecule has 0 bridgehead atoms. The standard InChI is InChI=1S/C26H43BrN2O/c1-4-28-24-9-7-21(8-10-24)6-5-15-29-16-13-22(14-17-29)18-23-19-25(30-20(2)3)11-12-26(23)27/h11-12,19-22,24,28H,4-10,13-18H2,1-3H3/t21-,24+. The summed E-state index contributed by atoms with van der Waals surface area (Å²) >= 11 is 3.75. The molecule has 0 atom stereocenters. The number of halogens is 1. The van der Waals surface area contributed by atoms with Gasteiger partial charge < -0.3 is 15.0 Å². The summed E-state index contributed by atoms with van der Waals surface area (Å²) < 4.78 is 7.12. The Morgan fingerprint density at radius 2 is 1.80 bits per heavy atom. The molecule has 3 nitrogen and oxygen atoms in total. The Bertz CT molecular complexity index is 619. The number of nitrogens with one attached hydrogen (secondary N) is 1. The highest BCUT2D eigenvalue weighted by molar-refractivity contribution is 9.10. The normalized spacial score (nSPS) is 23.8. The van der Waals surface area contributed by atoms with E-state index < -0.39 is 0 Å². The number of piperidine rings is 1. The van der Waals surface area contributed by atoms with Crippen LogP contribution in [0.2, 0.25) is 0 Å². The van der Waals surface area contributed by atoms with Crippen LogP contribution in [0.3, 0.4) is 0 Å². The van der Waals surface area contributed by atoms with Gasteiger partial charge in [-0.2, -0.15) is 0 Å². The average Bonchev–Trinajstić information content (AvgIpc) is 2.73. The van der Waals surface area contributed by atoms with Crippen molar-refractivity contribution in [3.8, 4) is 5.75 Å². The molecule has 0 unspecified atom stereocenters. The van der Waals surface area contributed by atoms with Crippen LogP contribution in [0.1, 0.15) is 77.7 Å². The van der Waals surface area contributed by atoms with Crippen molar-refractivity contribution < 1.29 is 4.74 Å². The summed E-state index contributed by atoms with van der Waals surface area (Å²) in [6.07, 6.45) is 12.5. The lowest BCUT2D eigenvalue weighted by atomic mass is 9.83. The number of likely N-dealkylation sites (tertiary alicyclic amines) is 1. The van der Waals surface area contributed by atoms with Crippen LogP contribution < -0.4 is 10.1 Å². The summed E-state index contributed by atoms with van der Waals surface area (Å²) in [6, 6.07) is 7.25. The minimum absolute atomic E-state index is 0.227. The lowest BCUT2D eigenvalue weighted by Gasteiger charge is -2.33. The molecule has 4 heteroatoms. The van der Waals surface area contributed by atoms with Crippen molar-refractivity contribution in [2.24, 2.45) is 11.8 Å². The predicted octanol–water partition coefficient (Wildman–Crippen LogP) is 6.44. The molecule has 1 saturated carbocycles. The van der Waals surface area contributed by atoms with Gasteiger partial charge in [-0.1, -0.05) is 22.9 Å². The third-order valence-electron chi connectivity index (χ3n) is 7.03. The molecule has 0 spiro atoms. The molecule has 3 rings (SSSR count). The van der Waals surface area contributed by atoms with Gasteiger partial charge in [0.25, 0.3) is 0 Å². The van der Waals surface area contributed by atoms with E-state index in [-0.39, 0.29) is 6.10 Å². The van der Waals surface area contributed by atoms with E-state index in [1.165, 1.54) is 87.5 Å². The average molecular weight is 480 g/mol. The van der Waals surface area contributed by atoms with Crippen molar-refractivity contribution in [2.45, 2.75) is 90.7 Å². The fourth-order valence-electron chi connectivity index (χ4n) is 5.33. The van der Waals surface area contributed by atoms with E-state index in [9.17, 15) is 0 Å². The van der Waals surface area contributed by atoms with Gasteiger partial charge in [0.15, 0.2) is 0 Å². The molecule has 0 amide bonds. The van der Waals surface area contributed by atoms with Gasteiger partial charge in [-0.15, -0.1) is 0 Å². The molecule has 0 aromatic heterocycles. The Morgan fingerprint density at radius 3 is 2.47 bits per heavy atom. The smallest absolute Gasteiger partial charge is 0.120 e.